The molecule has 8 nitrogen and oxygen atoms in total. The molecule has 1 saturated carbocycles. The third kappa shape index (κ3) is 4.69. The summed E-state index contributed by atoms with van der Waals surface area (Å²) in [6, 6.07) is 11.6. The van der Waals surface area contributed by atoms with E-state index in [4.69, 9.17) is 16.3 Å². The predicted octanol–water partition coefficient (Wildman–Crippen LogP) is 3.66. The minimum absolute atomic E-state index is 0.144. The number of fused-ring (bicyclic) bond motifs is 2. The summed E-state index contributed by atoms with van der Waals surface area (Å²) in [5.74, 6) is 1.06. The molecule has 2 aromatic carbocycles. The number of ether oxygens (including phenoxy) is 1. The molecule has 176 valence electrons. The standard InChI is InChI=1S/C25H26ClN5O3/c1-15-11-19-20(13-21(15)34-18-7-2-3-8-18)31(23-22(28-19)24(32)30-25(33)29-23)10-9-27-14-16-5-4-6-17(26)12-16/h4-6,11-13,18,27H,2-3,7-10,14H2,1H3,(H,30,32,33). The summed E-state index contributed by atoms with van der Waals surface area (Å²) in [7, 11) is 0. The minimum Gasteiger partial charge on any atom is -0.490 e. The monoisotopic (exact) mass is 479 g/mol. The van der Waals surface area contributed by atoms with Gasteiger partial charge in [0, 0.05) is 30.7 Å². The lowest BCUT2D eigenvalue weighted by Crippen LogP contribution is -2.30. The van der Waals surface area contributed by atoms with E-state index >= 15 is 0 Å². The molecule has 1 fully saturated rings. The molecular formula is C25H26ClN5O3. The van der Waals surface area contributed by atoms with Gasteiger partial charge in [0.15, 0.2) is 11.5 Å². The number of hydrogen-bond donors (Lipinski definition) is 2. The van der Waals surface area contributed by atoms with Crippen LogP contribution in [0.3, 0.4) is 0 Å². The smallest absolute Gasteiger partial charge is 0.349 e. The maximum atomic E-state index is 12.5. The Labute approximate surface area is 201 Å². The van der Waals surface area contributed by atoms with E-state index in [0.717, 1.165) is 35.2 Å². The molecule has 3 aliphatic rings. The second-order valence-electron chi connectivity index (χ2n) is 8.74. The number of H-pyrrole nitrogens is 1. The van der Waals surface area contributed by atoms with E-state index in [1.54, 1.807) is 0 Å². The number of halogens is 1. The second kappa shape index (κ2) is 9.56. The molecule has 0 amide bonds. The first-order valence-corrected chi connectivity index (χ1v) is 11.9. The van der Waals surface area contributed by atoms with Crippen molar-refractivity contribution in [3.05, 3.63) is 73.4 Å². The summed E-state index contributed by atoms with van der Waals surface area (Å²) in [6.45, 7) is 3.69. The molecule has 2 heterocycles. The van der Waals surface area contributed by atoms with Crippen LogP contribution in [0.4, 0.5) is 0 Å². The molecule has 1 aliphatic carbocycles. The number of nitrogens with zero attached hydrogens (tertiary/aromatic N) is 3. The van der Waals surface area contributed by atoms with Gasteiger partial charge in [-0.2, -0.15) is 4.98 Å². The quantitative estimate of drug-likeness (QED) is 0.310. The Morgan fingerprint density at radius 1 is 1.18 bits per heavy atom. The van der Waals surface area contributed by atoms with E-state index in [9.17, 15) is 9.59 Å². The molecule has 0 aromatic heterocycles. The zero-order chi connectivity index (χ0) is 23.7. The zero-order valence-corrected chi connectivity index (χ0v) is 19.7. The molecule has 2 aromatic rings. The average molecular weight is 480 g/mol. The van der Waals surface area contributed by atoms with Crippen molar-refractivity contribution >= 4 is 22.6 Å². The highest BCUT2D eigenvalue weighted by Crippen LogP contribution is 2.31. The van der Waals surface area contributed by atoms with Crippen LogP contribution in [0, 0.1) is 6.92 Å². The van der Waals surface area contributed by atoms with E-state index in [1.807, 2.05) is 47.9 Å². The molecule has 0 spiro atoms. The van der Waals surface area contributed by atoms with Gasteiger partial charge in [-0.1, -0.05) is 23.7 Å². The summed E-state index contributed by atoms with van der Waals surface area (Å²) in [5.41, 5.74) is 2.38. The van der Waals surface area contributed by atoms with Gasteiger partial charge in [0.05, 0.1) is 17.1 Å². The SMILES string of the molecule is Cc1cc2nc3c(=O)[nH]c(=O)nc-3n(CCNCc3cccc(Cl)c3)c2cc1OC1CCCC1. The lowest BCUT2D eigenvalue weighted by molar-refractivity contribution is 0.209. The van der Waals surface area contributed by atoms with Crippen molar-refractivity contribution in [1.82, 2.24) is 24.8 Å². The fourth-order valence-corrected chi connectivity index (χ4v) is 4.75. The summed E-state index contributed by atoms with van der Waals surface area (Å²) >= 11 is 6.08. The van der Waals surface area contributed by atoms with Crippen LogP contribution in [0.1, 0.15) is 36.8 Å². The first-order valence-electron chi connectivity index (χ1n) is 11.5. The predicted molar refractivity (Wildman–Crippen MR) is 132 cm³/mol. The number of aromatic amines is 1. The Balaban J connectivity index is 1.51. The number of rotatable bonds is 7. The van der Waals surface area contributed by atoms with Crippen molar-refractivity contribution in [3.63, 3.8) is 0 Å². The lowest BCUT2D eigenvalue weighted by atomic mass is 10.1. The highest BCUT2D eigenvalue weighted by molar-refractivity contribution is 6.30. The largest absolute Gasteiger partial charge is 0.490 e. The molecule has 0 unspecified atom stereocenters. The first-order chi connectivity index (χ1) is 16.5. The summed E-state index contributed by atoms with van der Waals surface area (Å²) in [4.78, 5) is 35.4. The van der Waals surface area contributed by atoms with Gasteiger partial charge < -0.3 is 14.6 Å². The number of hydrogen-bond acceptors (Lipinski definition) is 6. The van der Waals surface area contributed by atoms with Crippen molar-refractivity contribution < 1.29 is 4.74 Å². The van der Waals surface area contributed by atoms with Gasteiger partial charge in [-0.15, -0.1) is 0 Å². The fraction of sp³-hybridized carbons (Fsp3) is 0.360. The van der Waals surface area contributed by atoms with Gasteiger partial charge in [-0.05, 0) is 61.9 Å². The molecule has 9 heteroatoms. The number of nitrogens with one attached hydrogen (secondary N) is 2. The van der Waals surface area contributed by atoms with E-state index in [-0.39, 0.29) is 17.6 Å². The molecular weight excluding hydrogens is 454 g/mol. The van der Waals surface area contributed by atoms with Crippen LogP contribution in [0.25, 0.3) is 22.6 Å². The van der Waals surface area contributed by atoms with Gasteiger partial charge in [-0.25, -0.2) is 9.78 Å². The zero-order valence-electron chi connectivity index (χ0n) is 18.9. The molecule has 0 bridgehead atoms. The maximum absolute atomic E-state index is 12.5. The van der Waals surface area contributed by atoms with Crippen LogP contribution in [0.5, 0.6) is 5.75 Å². The molecule has 5 rings (SSSR count). The molecule has 0 saturated heterocycles. The second-order valence-corrected chi connectivity index (χ2v) is 9.18. The molecule has 2 aliphatic heterocycles. The van der Waals surface area contributed by atoms with Gasteiger partial charge in [0.1, 0.15) is 5.75 Å². The van der Waals surface area contributed by atoms with Gasteiger partial charge in [-0.3, -0.25) is 9.78 Å². The third-order valence-corrected chi connectivity index (χ3v) is 6.47. The lowest BCUT2D eigenvalue weighted by Gasteiger charge is -2.20. The highest BCUT2D eigenvalue weighted by atomic mass is 35.5. The van der Waals surface area contributed by atoms with Gasteiger partial charge >= 0.3 is 5.69 Å². The van der Waals surface area contributed by atoms with E-state index in [1.165, 1.54) is 12.8 Å². The van der Waals surface area contributed by atoms with Gasteiger partial charge in [0.25, 0.3) is 5.56 Å². The van der Waals surface area contributed by atoms with E-state index in [0.29, 0.717) is 30.2 Å². The topological polar surface area (TPSA) is 102 Å². The number of aromatic nitrogens is 4. The van der Waals surface area contributed by atoms with Crippen LogP contribution in [-0.4, -0.2) is 32.2 Å². The van der Waals surface area contributed by atoms with Crippen molar-refractivity contribution in [3.8, 4) is 17.3 Å². The van der Waals surface area contributed by atoms with Crippen molar-refractivity contribution in [2.45, 2.75) is 51.8 Å². The highest BCUT2D eigenvalue weighted by Gasteiger charge is 2.22. The summed E-state index contributed by atoms with van der Waals surface area (Å²) in [6.07, 6.45) is 4.68. The maximum Gasteiger partial charge on any atom is 0.349 e. The molecule has 2 N–H and O–H groups in total. The molecule has 0 atom stereocenters. The van der Waals surface area contributed by atoms with E-state index < -0.39 is 11.2 Å². The van der Waals surface area contributed by atoms with Crippen molar-refractivity contribution in [1.29, 1.82) is 0 Å². The van der Waals surface area contributed by atoms with Crippen molar-refractivity contribution in [2.75, 3.05) is 6.54 Å². The number of aryl methyl sites for hydroxylation is 1. The van der Waals surface area contributed by atoms with Gasteiger partial charge in [0.2, 0.25) is 0 Å². The van der Waals surface area contributed by atoms with Crippen molar-refractivity contribution in [2.24, 2.45) is 0 Å². The third-order valence-electron chi connectivity index (χ3n) is 6.23. The van der Waals surface area contributed by atoms with Crippen LogP contribution in [-0.2, 0) is 13.1 Å². The Morgan fingerprint density at radius 2 is 2.00 bits per heavy atom. The fourth-order valence-electron chi connectivity index (χ4n) is 4.54. The van der Waals surface area contributed by atoms with E-state index in [2.05, 4.69) is 20.3 Å². The Morgan fingerprint density at radius 3 is 2.79 bits per heavy atom. The number of benzene rings is 2. The Kier molecular flexibility index (Phi) is 6.34. The first kappa shape index (κ1) is 22.6. The molecule has 34 heavy (non-hydrogen) atoms. The summed E-state index contributed by atoms with van der Waals surface area (Å²) in [5, 5.41) is 4.09. The van der Waals surface area contributed by atoms with Crippen LogP contribution < -0.4 is 21.3 Å². The minimum atomic E-state index is -0.686. The van der Waals surface area contributed by atoms with Crippen LogP contribution in [0.2, 0.25) is 5.02 Å². The Bertz CT molecular complexity index is 1420. The van der Waals surface area contributed by atoms with Crippen LogP contribution >= 0.6 is 11.6 Å². The normalized spacial score (nSPS) is 14.3. The molecule has 0 radical (unpaired) electrons. The Hall–Kier alpha value is -3.23. The average Bonchev–Trinajstić information content (AvgIpc) is 3.31. The summed E-state index contributed by atoms with van der Waals surface area (Å²) < 4.78 is 8.18. The van der Waals surface area contributed by atoms with Crippen LogP contribution in [0.15, 0.2) is 46.0 Å².